The highest BCUT2D eigenvalue weighted by atomic mass is 16.7. The van der Waals surface area contributed by atoms with Gasteiger partial charge < -0.3 is 37.2 Å². The fraction of sp³-hybridized carbons (Fsp3) is 0.273. The summed E-state index contributed by atoms with van der Waals surface area (Å²) in [6, 6.07) is 93.3. The molecule has 0 aliphatic carbocycles. The Morgan fingerprint density at radius 2 is 0.500 bits per heavy atom. The summed E-state index contributed by atoms with van der Waals surface area (Å²) in [5, 5.41) is 9.64. The SMILES string of the molecule is CC1(C)OB(c2cc(-c3ccccc3)c3ccccc3c2)OC1(C)C.CC1(C)OB(c2cc(-c3ccccc3)cc3ccccc23)OC1(C)C.CC1(C)OB(c2ccc(-c3ccccc3)c3ccccc23)OC1(C)C.CC1(C)OB(c2cccc3c(-c4ccccc4)cccc23)OC1(C)C. The lowest BCUT2D eigenvalue weighted by Crippen LogP contribution is -2.41. The Morgan fingerprint density at radius 3 is 0.960 bits per heavy atom. The van der Waals surface area contributed by atoms with Crippen molar-refractivity contribution in [2.45, 2.75) is 156 Å². The van der Waals surface area contributed by atoms with Gasteiger partial charge >= 0.3 is 28.5 Å². The van der Waals surface area contributed by atoms with E-state index in [9.17, 15) is 0 Å². The smallest absolute Gasteiger partial charge is 0.399 e. The minimum atomic E-state index is -0.362. The lowest BCUT2D eigenvalue weighted by molar-refractivity contribution is 0.00578. The molecule has 0 radical (unpaired) electrons. The molecule has 4 heterocycles. The molecule has 12 aromatic rings. The van der Waals surface area contributed by atoms with Crippen molar-refractivity contribution in [3.05, 3.63) is 267 Å². The van der Waals surface area contributed by atoms with Crippen LogP contribution in [0.1, 0.15) is 111 Å². The third-order valence-corrected chi connectivity index (χ3v) is 22.1. The van der Waals surface area contributed by atoms with Crippen LogP contribution in [0, 0.1) is 0 Å². The van der Waals surface area contributed by atoms with E-state index in [1.807, 2.05) is 24.3 Å². The molecule has 0 spiro atoms. The summed E-state index contributed by atoms with van der Waals surface area (Å²) < 4.78 is 50.3. The van der Waals surface area contributed by atoms with Crippen LogP contribution in [-0.2, 0) is 37.2 Å². The van der Waals surface area contributed by atoms with Gasteiger partial charge in [0.1, 0.15) is 0 Å². The van der Waals surface area contributed by atoms with Crippen LogP contribution < -0.4 is 21.9 Å². The van der Waals surface area contributed by atoms with Gasteiger partial charge in [0.25, 0.3) is 0 Å². The van der Waals surface area contributed by atoms with E-state index < -0.39 is 0 Å². The summed E-state index contributed by atoms with van der Waals surface area (Å²) in [7, 11) is -1.41. The number of hydrogen-bond acceptors (Lipinski definition) is 8. The second-order valence-corrected chi connectivity index (χ2v) is 30.9. The quantitative estimate of drug-likeness (QED) is 0.139. The van der Waals surface area contributed by atoms with Gasteiger partial charge in [-0.15, -0.1) is 0 Å². The molecule has 0 atom stereocenters. The lowest BCUT2D eigenvalue weighted by Gasteiger charge is -2.32. The zero-order valence-corrected chi connectivity index (χ0v) is 61.0. The molecule has 4 aliphatic rings. The maximum absolute atomic E-state index is 6.33. The van der Waals surface area contributed by atoms with Crippen molar-refractivity contribution >= 4 is 93.4 Å². The summed E-state index contributed by atoms with van der Waals surface area (Å²) in [5.41, 5.74) is 11.3. The molecular weight excluding hydrogens is 1230 g/mol. The van der Waals surface area contributed by atoms with E-state index in [1.165, 1.54) is 87.6 Å². The number of fused-ring (bicyclic) bond motifs is 4. The van der Waals surface area contributed by atoms with Crippen molar-refractivity contribution < 1.29 is 37.2 Å². The zero-order valence-electron chi connectivity index (χ0n) is 61.0. The van der Waals surface area contributed by atoms with E-state index in [4.69, 9.17) is 37.2 Å². The standard InChI is InChI=1S/4C22H23BO2/c1-21(2)22(3,4)25-23(24-21)20-15-9-13-18-17(12-8-14-19(18)20)16-10-6-5-7-11-16;1-21(2)22(3,4)25-23(24-21)18-14-17-12-8-9-13-19(17)20(15-18)16-10-6-5-7-11-16;1-21(2)22(3,4)25-23(24-21)20-15-18(16-10-6-5-7-11-16)14-17-12-8-9-13-19(17)20;1-21(2)22(3,4)25-23(24-21)20-15-14-17(16-10-6-5-7-11-16)18-12-8-9-13-19(18)20/h4*5-15H,1-4H3. The molecule has 16 rings (SSSR count). The Balaban J connectivity index is 0.000000119. The van der Waals surface area contributed by atoms with Crippen molar-refractivity contribution in [1.29, 1.82) is 0 Å². The third kappa shape index (κ3) is 13.8. The van der Waals surface area contributed by atoms with Crippen LogP contribution in [0.15, 0.2) is 267 Å². The predicted octanol–water partition coefficient (Wildman–Crippen LogP) is 19.2. The Bertz CT molecular complexity index is 4720. The summed E-state index contributed by atoms with van der Waals surface area (Å²) in [5.74, 6) is 0. The van der Waals surface area contributed by atoms with Gasteiger partial charge in [-0.3, -0.25) is 0 Å². The molecule has 4 fully saturated rings. The van der Waals surface area contributed by atoms with Gasteiger partial charge in [0.2, 0.25) is 0 Å². The topological polar surface area (TPSA) is 73.8 Å². The molecule has 0 unspecified atom stereocenters. The normalized spacial score (nSPS) is 18.6. The van der Waals surface area contributed by atoms with Crippen LogP contribution in [-0.4, -0.2) is 73.3 Å². The fourth-order valence-electron chi connectivity index (χ4n) is 13.4. The highest BCUT2D eigenvalue weighted by molar-refractivity contribution is 6.66. The van der Waals surface area contributed by atoms with Crippen molar-refractivity contribution in [2.75, 3.05) is 0 Å². The van der Waals surface area contributed by atoms with Gasteiger partial charge in [0.15, 0.2) is 0 Å². The van der Waals surface area contributed by atoms with Crippen LogP contribution in [0.2, 0.25) is 0 Å². The van der Waals surface area contributed by atoms with Crippen molar-refractivity contribution in [2.24, 2.45) is 0 Å². The van der Waals surface area contributed by atoms with E-state index in [0.29, 0.717) is 0 Å². The minimum absolute atomic E-state index is 0.336. The Kier molecular flexibility index (Phi) is 19.1. The largest absolute Gasteiger partial charge is 0.495 e. The minimum Gasteiger partial charge on any atom is -0.399 e. The van der Waals surface area contributed by atoms with Crippen LogP contribution in [0.25, 0.3) is 87.6 Å². The first-order valence-electron chi connectivity index (χ1n) is 35.3. The van der Waals surface area contributed by atoms with Crippen LogP contribution >= 0.6 is 0 Å². The molecule has 504 valence electrons. The van der Waals surface area contributed by atoms with Crippen LogP contribution in [0.4, 0.5) is 0 Å². The Hall–Kier alpha value is -8.38. The molecule has 0 saturated carbocycles. The van der Waals surface area contributed by atoms with Crippen molar-refractivity contribution in [3.8, 4) is 44.5 Å². The van der Waals surface area contributed by atoms with Crippen molar-refractivity contribution in [3.63, 3.8) is 0 Å². The molecule has 12 heteroatoms. The van der Waals surface area contributed by atoms with E-state index in [-0.39, 0.29) is 73.3 Å². The fourth-order valence-corrected chi connectivity index (χ4v) is 13.4. The van der Waals surface area contributed by atoms with E-state index >= 15 is 0 Å². The Labute approximate surface area is 594 Å². The lowest BCUT2D eigenvalue weighted by atomic mass is 9.74. The third-order valence-electron chi connectivity index (χ3n) is 22.1. The average Bonchev–Trinajstić information content (AvgIpc) is 1.55. The number of hydrogen-bond donors (Lipinski definition) is 0. The van der Waals surface area contributed by atoms with Gasteiger partial charge in [0, 0.05) is 0 Å². The first-order valence-corrected chi connectivity index (χ1v) is 35.3. The molecule has 4 aliphatic heterocycles. The summed E-state index contributed by atoms with van der Waals surface area (Å²) >= 11 is 0. The van der Waals surface area contributed by atoms with E-state index in [2.05, 4.69) is 353 Å². The van der Waals surface area contributed by atoms with Gasteiger partial charge in [-0.1, -0.05) is 261 Å². The first-order chi connectivity index (χ1) is 47.5. The van der Waals surface area contributed by atoms with Gasteiger partial charge in [-0.2, -0.15) is 0 Å². The van der Waals surface area contributed by atoms with Gasteiger partial charge in [0.05, 0.1) is 44.8 Å². The number of benzene rings is 12. The second kappa shape index (κ2) is 27.2. The first kappa shape index (κ1) is 70.1. The molecule has 100 heavy (non-hydrogen) atoms. The van der Waals surface area contributed by atoms with Crippen molar-refractivity contribution in [1.82, 2.24) is 0 Å². The van der Waals surface area contributed by atoms with Gasteiger partial charge in [-0.05, 0) is 226 Å². The maximum Gasteiger partial charge on any atom is 0.495 e. The number of rotatable bonds is 8. The molecule has 0 aromatic heterocycles. The molecule has 0 amide bonds. The molecule has 4 saturated heterocycles. The van der Waals surface area contributed by atoms with Crippen LogP contribution in [0.5, 0.6) is 0 Å². The average molecular weight is 1320 g/mol. The zero-order chi connectivity index (χ0) is 70.6. The highest BCUT2D eigenvalue weighted by Gasteiger charge is 2.55. The molecule has 0 bridgehead atoms. The van der Waals surface area contributed by atoms with Gasteiger partial charge in [-0.25, -0.2) is 0 Å². The van der Waals surface area contributed by atoms with Crippen LogP contribution in [0.3, 0.4) is 0 Å². The predicted molar refractivity (Wildman–Crippen MR) is 420 cm³/mol. The highest BCUT2D eigenvalue weighted by Crippen LogP contribution is 2.42. The van der Waals surface area contributed by atoms with E-state index in [1.54, 1.807) is 0 Å². The molecule has 0 N–H and O–H groups in total. The van der Waals surface area contributed by atoms with E-state index in [0.717, 1.165) is 21.9 Å². The summed E-state index contributed by atoms with van der Waals surface area (Å²) in [6.07, 6.45) is 0. The molecular formula is C88H92B4O8. The Morgan fingerprint density at radius 1 is 0.190 bits per heavy atom. The molecule has 8 nitrogen and oxygen atoms in total. The second-order valence-electron chi connectivity index (χ2n) is 30.9. The summed E-state index contributed by atoms with van der Waals surface area (Å²) in [4.78, 5) is 0. The monoisotopic (exact) mass is 1320 g/mol. The maximum atomic E-state index is 6.33. The summed E-state index contributed by atoms with van der Waals surface area (Å²) in [6.45, 7) is 33.5. The molecule has 12 aromatic carbocycles.